The Morgan fingerprint density at radius 2 is 1.71 bits per heavy atom. The maximum atomic E-state index is 12.2. The summed E-state index contributed by atoms with van der Waals surface area (Å²) in [6.45, 7) is 15.0. The fraction of sp³-hybridized carbons (Fsp3) is 0.905. The molecule has 1 heterocycles. The summed E-state index contributed by atoms with van der Waals surface area (Å²) in [6.07, 6.45) is 6.28. The fourth-order valence-electron chi connectivity index (χ4n) is 3.39. The van der Waals surface area contributed by atoms with Crippen LogP contribution in [0.5, 0.6) is 0 Å². The van der Waals surface area contributed by atoms with Crippen molar-refractivity contribution in [1.82, 2.24) is 20.9 Å². The van der Waals surface area contributed by atoms with Crippen molar-refractivity contribution < 1.29 is 9.53 Å². The molecule has 1 rings (SSSR count). The number of unbranched alkanes of at least 4 members (excludes halogenated alkanes) is 1. The highest BCUT2D eigenvalue weighted by Crippen LogP contribution is 2.16. The maximum absolute atomic E-state index is 12.2. The van der Waals surface area contributed by atoms with Gasteiger partial charge in [-0.2, -0.15) is 0 Å². The van der Waals surface area contributed by atoms with E-state index in [1.807, 2.05) is 20.8 Å². The molecule has 7 nitrogen and oxygen atoms in total. The van der Waals surface area contributed by atoms with Gasteiger partial charge in [0.25, 0.3) is 0 Å². The van der Waals surface area contributed by atoms with Gasteiger partial charge >= 0.3 is 6.09 Å². The Morgan fingerprint density at radius 3 is 2.25 bits per heavy atom. The molecule has 0 bridgehead atoms. The van der Waals surface area contributed by atoms with Gasteiger partial charge in [-0.1, -0.05) is 13.8 Å². The summed E-state index contributed by atoms with van der Waals surface area (Å²) < 4.78 is 5.44. The van der Waals surface area contributed by atoms with Gasteiger partial charge in [-0.3, -0.25) is 4.99 Å². The molecular weight excluding hydrogens is 354 g/mol. The Labute approximate surface area is 172 Å². The fourth-order valence-corrected chi connectivity index (χ4v) is 3.39. The Bertz CT molecular complexity index is 478. The van der Waals surface area contributed by atoms with Crippen molar-refractivity contribution in [2.75, 3.05) is 39.8 Å². The van der Waals surface area contributed by atoms with Gasteiger partial charge in [0.15, 0.2) is 5.96 Å². The number of guanidine groups is 1. The third-order valence-corrected chi connectivity index (χ3v) is 5.33. The second-order valence-corrected chi connectivity index (χ2v) is 8.72. The van der Waals surface area contributed by atoms with E-state index in [1.165, 1.54) is 38.9 Å². The molecule has 0 aromatic heterocycles. The normalized spacial score (nSPS) is 16.1. The summed E-state index contributed by atoms with van der Waals surface area (Å²) in [5, 5.41) is 9.82. The van der Waals surface area contributed by atoms with E-state index in [2.05, 4.69) is 39.7 Å². The molecule has 1 fully saturated rings. The van der Waals surface area contributed by atoms with Crippen LogP contribution in [0.25, 0.3) is 0 Å². The quantitative estimate of drug-likeness (QED) is 0.300. The molecule has 3 N–H and O–H groups in total. The Kier molecular flexibility index (Phi) is 10.6. The minimum absolute atomic E-state index is 0.365. The van der Waals surface area contributed by atoms with Crippen molar-refractivity contribution in [2.24, 2.45) is 4.99 Å². The average Bonchev–Trinajstić information content (AvgIpc) is 3.14. The van der Waals surface area contributed by atoms with E-state index in [0.29, 0.717) is 6.54 Å². The molecule has 0 aromatic carbocycles. The first-order chi connectivity index (χ1) is 13.2. The van der Waals surface area contributed by atoms with Gasteiger partial charge in [0, 0.05) is 20.1 Å². The molecule has 0 atom stereocenters. The van der Waals surface area contributed by atoms with Gasteiger partial charge in [-0.15, -0.1) is 0 Å². The average molecular weight is 398 g/mol. The molecule has 1 aliphatic rings. The van der Waals surface area contributed by atoms with Crippen molar-refractivity contribution in [3.05, 3.63) is 0 Å². The smallest absolute Gasteiger partial charge is 0.408 e. The Hall–Kier alpha value is -1.50. The number of alkyl carbamates (subject to hydrolysis) is 1. The number of ether oxygens (including phenoxy) is 1. The summed E-state index contributed by atoms with van der Waals surface area (Å²) >= 11 is 0. The molecule has 1 aliphatic heterocycles. The number of hydrogen-bond acceptors (Lipinski definition) is 4. The van der Waals surface area contributed by atoms with Crippen LogP contribution in [-0.2, 0) is 4.74 Å². The zero-order valence-electron chi connectivity index (χ0n) is 19.0. The standard InChI is InChI=1S/C21H43N5O2/c1-7-21(8-2,25-19(27)28-20(3,4)5)17-24-18(22-6)23-13-9-10-14-26-15-11-12-16-26/h7-17H2,1-6H3,(H,25,27)(H2,22,23,24). The Balaban J connectivity index is 2.38. The summed E-state index contributed by atoms with van der Waals surface area (Å²) in [5.74, 6) is 0.776. The second-order valence-electron chi connectivity index (χ2n) is 8.72. The summed E-state index contributed by atoms with van der Waals surface area (Å²) in [4.78, 5) is 19.1. The lowest BCUT2D eigenvalue weighted by Crippen LogP contribution is -2.57. The van der Waals surface area contributed by atoms with Gasteiger partial charge in [-0.25, -0.2) is 4.79 Å². The van der Waals surface area contributed by atoms with Crippen molar-refractivity contribution in [2.45, 2.75) is 84.3 Å². The number of hydrogen-bond donors (Lipinski definition) is 3. The van der Waals surface area contributed by atoms with Crippen molar-refractivity contribution in [3.63, 3.8) is 0 Å². The van der Waals surface area contributed by atoms with Gasteiger partial charge in [-0.05, 0) is 78.9 Å². The molecule has 7 heteroatoms. The highest BCUT2D eigenvalue weighted by molar-refractivity contribution is 5.79. The number of carbonyl (C=O) groups excluding carboxylic acids is 1. The van der Waals surface area contributed by atoms with E-state index >= 15 is 0 Å². The maximum Gasteiger partial charge on any atom is 0.408 e. The van der Waals surface area contributed by atoms with Crippen LogP contribution in [-0.4, -0.2) is 67.9 Å². The van der Waals surface area contributed by atoms with Gasteiger partial charge < -0.3 is 25.6 Å². The molecule has 164 valence electrons. The van der Waals surface area contributed by atoms with Crippen LogP contribution in [0.3, 0.4) is 0 Å². The predicted octanol–water partition coefficient (Wildman–Crippen LogP) is 3.11. The minimum atomic E-state index is -0.503. The molecule has 0 spiro atoms. The lowest BCUT2D eigenvalue weighted by molar-refractivity contribution is 0.0448. The molecule has 0 aliphatic carbocycles. The largest absolute Gasteiger partial charge is 0.444 e. The first-order valence-electron chi connectivity index (χ1n) is 10.9. The van der Waals surface area contributed by atoms with E-state index in [0.717, 1.165) is 31.8 Å². The molecule has 0 radical (unpaired) electrons. The summed E-state index contributed by atoms with van der Waals surface area (Å²) in [7, 11) is 1.78. The lowest BCUT2D eigenvalue weighted by atomic mass is 9.93. The van der Waals surface area contributed by atoms with Crippen LogP contribution >= 0.6 is 0 Å². The van der Waals surface area contributed by atoms with Crippen molar-refractivity contribution in [1.29, 1.82) is 0 Å². The van der Waals surface area contributed by atoms with E-state index in [1.54, 1.807) is 7.05 Å². The zero-order valence-corrected chi connectivity index (χ0v) is 19.0. The molecule has 0 saturated carbocycles. The van der Waals surface area contributed by atoms with Crippen molar-refractivity contribution in [3.8, 4) is 0 Å². The molecular formula is C21H43N5O2. The Morgan fingerprint density at radius 1 is 1.07 bits per heavy atom. The lowest BCUT2D eigenvalue weighted by Gasteiger charge is -2.34. The van der Waals surface area contributed by atoms with Crippen LogP contribution in [0.1, 0.15) is 73.1 Å². The van der Waals surface area contributed by atoms with Crippen LogP contribution in [0.2, 0.25) is 0 Å². The topological polar surface area (TPSA) is 78.0 Å². The third kappa shape index (κ3) is 9.62. The first-order valence-corrected chi connectivity index (χ1v) is 10.9. The number of nitrogens with zero attached hydrogens (tertiary/aromatic N) is 2. The number of likely N-dealkylation sites (tertiary alicyclic amines) is 1. The van der Waals surface area contributed by atoms with Crippen molar-refractivity contribution >= 4 is 12.1 Å². The second kappa shape index (κ2) is 12.1. The molecule has 0 unspecified atom stereocenters. The monoisotopic (exact) mass is 397 g/mol. The number of rotatable bonds is 10. The predicted molar refractivity (Wildman–Crippen MR) is 117 cm³/mol. The first kappa shape index (κ1) is 24.5. The van der Waals surface area contributed by atoms with E-state index < -0.39 is 5.60 Å². The zero-order chi connectivity index (χ0) is 21.0. The highest BCUT2D eigenvalue weighted by Gasteiger charge is 2.30. The highest BCUT2D eigenvalue weighted by atomic mass is 16.6. The molecule has 1 amide bonds. The van der Waals surface area contributed by atoms with Crippen LogP contribution in [0, 0.1) is 0 Å². The molecule has 0 aromatic rings. The van der Waals surface area contributed by atoms with Crippen LogP contribution in [0.4, 0.5) is 4.79 Å². The van der Waals surface area contributed by atoms with Crippen LogP contribution in [0.15, 0.2) is 4.99 Å². The SMILES string of the molecule is CCC(CC)(CNC(=NC)NCCCCN1CCCC1)NC(=O)OC(C)(C)C. The van der Waals surface area contributed by atoms with Gasteiger partial charge in [0.2, 0.25) is 0 Å². The van der Waals surface area contributed by atoms with Gasteiger partial charge in [0.1, 0.15) is 5.60 Å². The third-order valence-electron chi connectivity index (χ3n) is 5.33. The van der Waals surface area contributed by atoms with E-state index in [9.17, 15) is 4.79 Å². The number of amides is 1. The minimum Gasteiger partial charge on any atom is -0.444 e. The number of carbonyl (C=O) groups is 1. The summed E-state index contributed by atoms with van der Waals surface area (Å²) in [5.41, 5.74) is -0.868. The number of aliphatic imine (C=N–C) groups is 1. The van der Waals surface area contributed by atoms with Gasteiger partial charge in [0.05, 0.1) is 5.54 Å². The van der Waals surface area contributed by atoms with E-state index in [-0.39, 0.29) is 11.6 Å². The van der Waals surface area contributed by atoms with Crippen LogP contribution < -0.4 is 16.0 Å². The summed E-state index contributed by atoms with van der Waals surface area (Å²) in [6, 6.07) is 0. The van der Waals surface area contributed by atoms with E-state index in [4.69, 9.17) is 4.74 Å². The molecule has 1 saturated heterocycles. The molecule has 28 heavy (non-hydrogen) atoms. The number of nitrogens with one attached hydrogen (secondary N) is 3.